The van der Waals surface area contributed by atoms with E-state index in [1.807, 2.05) is 81.2 Å². The molecule has 0 bridgehead atoms. The maximum absolute atomic E-state index is 16.4. The number of benzene rings is 2. The van der Waals surface area contributed by atoms with Crippen molar-refractivity contribution >= 4 is 41.0 Å². The SMILES string of the molecule is COc1ccc(CN2C(=O)CCN(c3ccc(N4CCC(F)(CN5CCC(n6cc(Nc7ncc8c(n7)CN(C(=O)OC(C)(C)C)CC8)cn6)CC5)CC4)cc3C)C2=O)cc1. The number of nitrogens with one attached hydrogen (secondary N) is 1. The van der Waals surface area contributed by atoms with Crippen LogP contribution < -0.4 is 19.9 Å². The second-order valence-corrected chi connectivity index (χ2v) is 17.8. The number of hydrogen-bond donors (Lipinski definition) is 1. The van der Waals surface area contributed by atoms with E-state index in [1.54, 1.807) is 23.1 Å². The highest BCUT2D eigenvalue weighted by Crippen LogP contribution is 2.35. The zero-order chi connectivity index (χ0) is 42.9. The molecular weight excluding hydrogens is 780 g/mol. The molecule has 0 unspecified atom stereocenters. The topological polar surface area (TPSA) is 142 Å². The summed E-state index contributed by atoms with van der Waals surface area (Å²) in [4.78, 5) is 57.5. The molecule has 1 N–H and O–H groups in total. The van der Waals surface area contributed by atoms with Gasteiger partial charge in [-0.2, -0.15) is 5.10 Å². The van der Waals surface area contributed by atoms with E-state index in [2.05, 4.69) is 31.3 Å². The lowest BCUT2D eigenvalue weighted by molar-refractivity contribution is -0.129. The van der Waals surface area contributed by atoms with Gasteiger partial charge < -0.3 is 29.5 Å². The predicted octanol–water partition coefficient (Wildman–Crippen LogP) is 7.03. The van der Waals surface area contributed by atoms with Crippen molar-refractivity contribution in [3.8, 4) is 5.75 Å². The van der Waals surface area contributed by atoms with Crippen LogP contribution >= 0.6 is 0 Å². The van der Waals surface area contributed by atoms with Crippen LogP contribution in [0, 0.1) is 6.92 Å². The van der Waals surface area contributed by atoms with Crippen molar-refractivity contribution in [1.29, 1.82) is 0 Å². The number of ether oxygens (including phenoxy) is 2. The molecule has 4 aliphatic rings. The standard InChI is InChI=1S/C45H57FN10O5/c1-31-24-36(8-11-39(31)54-21-15-40(57)55(42(54)58)27-32-6-9-37(60-5)10-7-32)52-22-16-45(46,17-23-52)30-51-18-13-35(14-19-51)56-28-34(26-48-56)49-41-47-25-33-12-20-53(29-38(33)50-41)43(59)61-44(2,3)4/h6-11,24-26,28,35H,12-23,27,29-30H2,1-5H3,(H,47,49,50). The fourth-order valence-electron chi connectivity index (χ4n) is 8.77. The highest BCUT2D eigenvalue weighted by Gasteiger charge is 2.38. The number of alkyl halides is 1. The summed E-state index contributed by atoms with van der Waals surface area (Å²) < 4.78 is 29.2. The van der Waals surface area contributed by atoms with Gasteiger partial charge >= 0.3 is 12.1 Å². The Kier molecular flexibility index (Phi) is 11.9. The molecular formula is C45H57FN10O5. The molecule has 3 fully saturated rings. The summed E-state index contributed by atoms with van der Waals surface area (Å²) in [7, 11) is 1.60. The van der Waals surface area contributed by atoms with Crippen molar-refractivity contribution in [3.05, 3.63) is 83.4 Å². The van der Waals surface area contributed by atoms with E-state index in [1.165, 1.54) is 4.90 Å². The van der Waals surface area contributed by atoms with Crippen LogP contribution in [0.2, 0.25) is 0 Å². The van der Waals surface area contributed by atoms with Gasteiger partial charge in [0.15, 0.2) is 0 Å². The zero-order valence-corrected chi connectivity index (χ0v) is 35.9. The molecule has 3 saturated heterocycles. The number of nitrogens with zero attached hydrogens (tertiary/aromatic N) is 9. The Labute approximate surface area is 356 Å². The van der Waals surface area contributed by atoms with Gasteiger partial charge in [-0.25, -0.2) is 23.9 Å². The van der Waals surface area contributed by atoms with Gasteiger partial charge in [0.2, 0.25) is 11.9 Å². The molecule has 61 heavy (non-hydrogen) atoms. The number of imide groups is 1. The highest BCUT2D eigenvalue weighted by atomic mass is 19.1. The molecule has 8 rings (SSSR count). The number of likely N-dealkylation sites (tertiary alicyclic amines) is 1. The van der Waals surface area contributed by atoms with Crippen molar-refractivity contribution in [2.75, 3.05) is 68.0 Å². The maximum atomic E-state index is 16.4. The minimum absolute atomic E-state index is 0.186. The lowest BCUT2D eigenvalue weighted by Crippen LogP contribution is -2.52. The number of carbonyl (C=O) groups excluding carboxylic acids is 3. The third kappa shape index (κ3) is 9.74. The number of aromatic nitrogens is 4. The molecule has 4 aromatic rings. The molecule has 4 amide bonds. The first-order valence-electron chi connectivity index (χ1n) is 21.4. The summed E-state index contributed by atoms with van der Waals surface area (Å²) in [5, 5.41) is 7.92. The molecule has 2 aromatic carbocycles. The van der Waals surface area contributed by atoms with Gasteiger partial charge in [0.25, 0.3) is 0 Å². The predicted molar refractivity (Wildman–Crippen MR) is 230 cm³/mol. The normalized spacial score (nSPS) is 18.9. The number of carbonyl (C=O) groups is 3. The van der Waals surface area contributed by atoms with Crippen molar-refractivity contribution < 1.29 is 28.2 Å². The number of halogens is 1. The van der Waals surface area contributed by atoms with Gasteiger partial charge in [-0.15, -0.1) is 0 Å². The average molecular weight is 837 g/mol. The molecule has 0 saturated carbocycles. The van der Waals surface area contributed by atoms with Gasteiger partial charge in [0.1, 0.15) is 17.0 Å². The summed E-state index contributed by atoms with van der Waals surface area (Å²) in [6.45, 7) is 12.2. The number of hydrogen-bond acceptors (Lipinski definition) is 11. The van der Waals surface area contributed by atoms with Crippen LogP contribution in [0.15, 0.2) is 61.1 Å². The molecule has 0 aliphatic carbocycles. The number of anilines is 4. The number of piperidine rings is 2. The third-order valence-electron chi connectivity index (χ3n) is 12.2. The summed E-state index contributed by atoms with van der Waals surface area (Å²) in [5.41, 5.74) is 4.36. The fraction of sp³-hybridized carbons (Fsp3) is 0.511. The number of amides is 4. The number of urea groups is 1. The molecule has 4 aliphatic heterocycles. The summed E-state index contributed by atoms with van der Waals surface area (Å²) >= 11 is 0. The monoisotopic (exact) mass is 836 g/mol. The maximum Gasteiger partial charge on any atom is 0.410 e. The molecule has 15 nitrogen and oxygen atoms in total. The average Bonchev–Trinajstić information content (AvgIpc) is 3.71. The van der Waals surface area contributed by atoms with Gasteiger partial charge in [-0.05, 0) is 94.0 Å². The van der Waals surface area contributed by atoms with Crippen molar-refractivity contribution in [2.45, 2.75) is 96.6 Å². The Morgan fingerprint density at radius 1 is 0.967 bits per heavy atom. The number of methoxy groups -OCH3 is 1. The second kappa shape index (κ2) is 17.3. The Hall–Kier alpha value is -5.77. The number of aryl methyl sites for hydroxylation is 1. The molecule has 0 spiro atoms. The van der Waals surface area contributed by atoms with E-state index < -0.39 is 11.3 Å². The first kappa shape index (κ1) is 41.9. The van der Waals surface area contributed by atoms with Gasteiger partial charge in [0.05, 0.1) is 43.8 Å². The summed E-state index contributed by atoms with van der Waals surface area (Å²) in [5.74, 6) is 0.980. The number of rotatable bonds is 10. The van der Waals surface area contributed by atoms with E-state index >= 15 is 4.39 Å². The van der Waals surface area contributed by atoms with Crippen LogP contribution in [0.3, 0.4) is 0 Å². The molecule has 6 heterocycles. The number of fused-ring (bicyclic) bond motifs is 1. The zero-order valence-electron chi connectivity index (χ0n) is 35.9. The van der Waals surface area contributed by atoms with E-state index in [0.29, 0.717) is 70.2 Å². The van der Waals surface area contributed by atoms with E-state index in [0.717, 1.165) is 65.4 Å². The molecule has 2 aromatic heterocycles. The van der Waals surface area contributed by atoms with Crippen LogP contribution in [-0.2, 0) is 29.0 Å². The van der Waals surface area contributed by atoms with E-state index in [9.17, 15) is 14.4 Å². The van der Waals surface area contributed by atoms with Crippen molar-refractivity contribution in [3.63, 3.8) is 0 Å². The van der Waals surface area contributed by atoms with E-state index in [4.69, 9.17) is 14.5 Å². The molecule has 16 heteroatoms. The summed E-state index contributed by atoms with van der Waals surface area (Å²) in [6, 6.07) is 13.3. The largest absolute Gasteiger partial charge is 0.497 e. The van der Waals surface area contributed by atoms with Gasteiger partial charge in [0, 0.05) is 88.8 Å². The minimum Gasteiger partial charge on any atom is -0.497 e. The fourth-order valence-corrected chi connectivity index (χ4v) is 8.77. The lowest BCUT2D eigenvalue weighted by atomic mass is 9.91. The quantitative estimate of drug-likeness (QED) is 0.176. The molecule has 324 valence electrons. The summed E-state index contributed by atoms with van der Waals surface area (Å²) in [6.07, 6.45) is 8.78. The Morgan fingerprint density at radius 2 is 1.72 bits per heavy atom. The first-order valence-corrected chi connectivity index (χ1v) is 21.4. The third-order valence-corrected chi connectivity index (χ3v) is 12.2. The lowest BCUT2D eigenvalue weighted by Gasteiger charge is -2.42. The Balaban J connectivity index is 0.799. The van der Waals surface area contributed by atoms with Crippen LogP contribution in [-0.4, -0.2) is 117 Å². The van der Waals surface area contributed by atoms with Crippen LogP contribution in [0.5, 0.6) is 5.75 Å². The van der Waals surface area contributed by atoms with E-state index in [-0.39, 0.29) is 37.0 Å². The Morgan fingerprint density at radius 3 is 2.43 bits per heavy atom. The second-order valence-electron chi connectivity index (χ2n) is 17.8. The van der Waals surface area contributed by atoms with Crippen molar-refractivity contribution in [2.24, 2.45) is 0 Å². The molecule has 0 atom stereocenters. The van der Waals surface area contributed by atoms with Gasteiger partial charge in [-0.1, -0.05) is 12.1 Å². The van der Waals surface area contributed by atoms with Crippen LogP contribution in [0.4, 0.5) is 37.0 Å². The highest BCUT2D eigenvalue weighted by molar-refractivity contribution is 6.06. The van der Waals surface area contributed by atoms with Crippen LogP contribution in [0.1, 0.15) is 81.3 Å². The first-order chi connectivity index (χ1) is 29.2. The minimum atomic E-state index is -1.26. The van der Waals surface area contributed by atoms with Gasteiger partial charge in [-0.3, -0.25) is 19.3 Å². The van der Waals surface area contributed by atoms with Crippen LogP contribution in [0.25, 0.3) is 0 Å². The smallest absolute Gasteiger partial charge is 0.410 e. The Bertz CT molecular complexity index is 2230. The van der Waals surface area contributed by atoms with Crippen molar-refractivity contribution in [1.82, 2.24) is 34.4 Å². The molecule has 0 radical (unpaired) electrons.